The lowest BCUT2D eigenvalue weighted by molar-refractivity contribution is 0.561. The first-order chi connectivity index (χ1) is 5.93. The lowest BCUT2D eigenvalue weighted by Crippen LogP contribution is -1.82. The first-order valence-electron chi connectivity index (χ1n) is 4.74. The number of aryl methyl sites for hydroxylation is 1. The summed E-state index contributed by atoms with van der Waals surface area (Å²) in [5.41, 5.74) is 1.32. The standard InChI is InChI=1S/C11H17O/c1-2-3-4-5-6-7-11-8-9-12-10-11/h8-10H,1-7H2. The molecule has 0 saturated heterocycles. The second-order valence-corrected chi connectivity index (χ2v) is 3.15. The minimum absolute atomic E-state index is 1.08. The van der Waals surface area contributed by atoms with Crippen molar-refractivity contribution in [3.8, 4) is 0 Å². The lowest BCUT2D eigenvalue weighted by Gasteiger charge is -1.97. The zero-order valence-corrected chi connectivity index (χ0v) is 7.59. The Labute approximate surface area is 74.8 Å². The molecule has 0 aliphatic rings. The second kappa shape index (κ2) is 5.87. The van der Waals surface area contributed by atoms with Gasteiger partial charge in [0.05, 0.1) is 12.5 Å². The Morgan fingerprint density at radius 2 is 2.00 bits per heavy atom. The third-order valence-corrected chi connectivity index (χ3v) is 2.05. The van der Waals surface area contributed by atoms with Crippen molar-refractivity contribution in [3.63, 3.8) is 0 Å². The number of furan rings is 1. The van der Waals surface area contributed by atoms with E-state index in [-0.39, 0.29) is 0 Å². The molecule has 0 aliphatic carbocycles. The zero-order valence-electron chi connectivity index (χ0n) is 7.59. The molecule has 0 fully saturated rings. The number of hydrogen-bond acceptors (Lipinski definition) is 1. The van der Waals surface area contributed by atoms with Crippen molar-refractivity contribution in [3.05, 3.63) is 31.1 Å². The molecule has 12 heavy (non-hydrogen) atoms. The van der Waals surface area contributed by atoms with Gasteiger partial charge in [-0.25, -0.2) is 0 Å². The summed E-state index contributed by atoms with van der Waals surface area (Å²) in [5, 5.41) is 0. The van der Waals surface area contributed by atoms with Gasteiger partial charge in [-0.1, -0.05) is 32.6 Å². The van der Waals surface area contributed by atoms with Crippen molar-refractivity contribution in [1.82, 2.24) is 0 Å². The van der Waals surface area contributed by atoms with Crippen LogP contribution in [0.5, 0.6) is 0 Å². The van der Waals surface area contributed by atoms with Crippen molar-refractivity contribution in [2.75, 3.05) is 0 Å². The number of rotatable bonds is 6. The third kappa shape index (κ3) is 3.61. The van der Waals surface area contributed by atoms with E-state index in [0.29, 0.717) is 0 Å². The topological polar surface area (TPSA) is 13.1 Å². The van der Waals surface area contributed by atoms with Gasteiger partial charge in [0, 0.05) is 0 Å². The van der Waals surface area contributed by atoms with E-state index in [0.717, 1.165) is 12.8 Å². The maximum absolute atomic E-state index is 4.98. The van der Waals surface area contributed by atoms with Crippen LogP contribution in [0.3, 0.4) is 0 Å². The summed E-state index contributed by atoms with van der Waals surface area (Å²) in [4.78, 5) is 0. The number of hydrogen-bond donors (Lipinski definition) is 0. The van der Waals surface area contributed by atoms with E-state index in [1.165, 1.54) is 31.2 Å². The molecule has 0 atom stereocenters. The van der Waals surface area contributed by atoms with E-state index in [2.05, 4.69) is 6.92 Å². The molecule has 1 aromatic heterocycles. The van der Waals surface area contributed by atoms with Crippen LogP contribution < -0.4 is 0 Å². The van der Waals surface area contributed by atoms with E-state index < -0.39 is 0 Å². The Hall–Kier alpha value is -0.720. The molecule has 67 valence electrons. The molecule has 0 unspecified atom stereocenters. The molecule has 0 N–H and O–H groups in total. The van der Waals surface area contributed by atoms with Gasteiger partial charge in [0.25, 0.3) is 0 Å². The molecule has 1 aromatic rings. The van der Waals surface area contributed by atoms with Crippen molar-refractivity contribution in [2.24, 2.45) is 0 Å². The van der Waals surface area contributed by atoms with Gasteiger partial charge in [-0.2, -0.15) is 0 Å². The maximum atomic E-state index is 4.98. The minimum Gasteiger partial charge on any atom is -0.472 e. The average molecular weight is 165 g/mol. The Kier molecular flexibility index (Phi) is 4.58. The monoisotopic (exact) mass is 165 g/mol. The van der Waals surface area contributed by atoms with Crippen molar-refractivity contribution in [1.29, 1.82) is 0 Å². The van der Waals surface area contributed by atoms with Crippen LogP contribution >= 0.6 is 0 Å². The molecule has 0 aromatic carbocycles. The molecule has 0 spiro atoms. The van der Waals surface area contributed by atoms with Crippen LogP contribution in [0.4, 0.5) is 0 Å². The first kappa shape index (κ1) is 9.37. The fourth-order valence-corrected chi connectivity index (χ4v) is 1.29. The summed E-state index contributed by atoms with van der Waals surface area (Å²) in [6, 6.07) is 2.04. The Balaban J connectivity index is 1.96. The molecule has 1 rings (SSSR count). The minimum atomic E-state index is 1.08. The molecular weight excluding hydrogens is 148 g/mol. The average Bonchev–Trinajstić information content (AvgIpc) is 2.57. The highest BCUT2D eigenvalue weighted by Gasteiger charge is 1.93. The summed E-state index contributed by atoms with van der Waals surface area (Å²) in [5.74, 6) is 0. The highest BCUT2D eigenvalue weighted by Crippen LogP contribution is 2.08. The summed E-state index contributed by atoms with van der Waals surface area (Å²) < 4.78 is 4.98. The van der Waals surface area contributed by atoms with Crippen molar-refractivity contribution >= 4 is 0 Å². The van der Waals surface area contributed by atoms with Crippen LogP contribution in [0.1, 0.15) is 37.7 Å². The fraction of sp³-hybridized carbons (Fsp3) is 0.545. The van der Waals surface area contributed by atoms with Crippen LogP contribution in [0.25, 0.3) is 0 Å². The van der Waals surface area contributed by atoms with Gasteiger partial charge in [-0.05, 0) is 24.5 Å². The van der Waals surface area contributed by atoms with Gasteiger partial charge in [0.1, 0.15) is 0 Å². The van der Waals surface area contributed by atoms with Gasteiger partial charge < -0.3 is 4.42 Å². The van der Waals surface area contributed by atoms with Gasteiger partial charge in [0.15, 0.2) is 0 Å². The van der Waals surface area contributed by atoms with Crippen molar-refractivity contribution in [2.45, 2.75) is 38.5 Å². The SMILES string of the molecule is [CH2]CCCCCCc1ccoc1. The summed E-state index contributed by atoms with van der Waals surface area (Å²) in [6.07, 6.45) is 11.0. The highest BCUT2D eigenvalue weighted by atomic mass is 16.3. The van der Waals surface area contributed by atoms with Crippen LogP contribution in [-0.4, -0.2) is 0 Å². The van der Waals surface area contributed by atoms with E-state index >= 15 is 0 Å². The van der Waals surface area contributed by atoms with Gasteiger partial charge in [-0.3, -0.25) is 0 Å². The summed E-state index contributed by atoms with van der Waals surface area (Å²) in [6.45, 7) is 3.82. The molecular formula is C11H17O. The molecule has 0 bridgehead atoms. The molecule has 0 amide bonds. The Bertz CT molecular complexity index is 177. The van der Waals surface area contributed by atoms with Crippen LogP contribution in [-0.2, 0) is 6.42 Å². The van der Waals surface area contributed by atoms with E-state index in [4.69, 9.17) is 4.42 Å². The highest BCUT2D eigenvalue weighted by molar-refractivity contribution is 5.04. The first-order valence-corrected chi connectivity index (χ1v) is 4.74. The molecule has 1 radical (unpaired) electrons. The van der Waals surface area contributed by atoms with Gasteiger partial charge in [-0.15, -0.1) is 0 Å². The smallest absolute Gasteiger partial charge is 0.0934 e. The predicted octanol–water partition coefficient (Wildman–Crippen LogP) is 3.61. The van der Waals surface area contributed by atoms with E-state index in [1.807, 2.05) is 12.3 Å². The second-order valence-electron chi connectivity index (χ2n) is 3.15. The fourth-order valence-electron chi connectivity index (χ4n) is 1.29. The normalized spacial score (nSPS) is 10.4. The Morgan fingerprint density at radius 1 is 1.17 bits per heavy atom. The van der Waals surface area contributed by atoms with Crippen LogP contribution in [0, 0.1) is 6.92 Å². The maximum Gasteiger partial charge on any atom is 0.0934 e. The largest absolute Gasteiger partial charge is 0.472 e. The molecule has 1 heteroatoms. The number of unbranched alkanes of at least 4 members (excludes halogenated alkanes) is 4. The molecule has 1 heterocycles. The molecule has 1 nitrogen and oxygen atoms in total. The van der Waals surface area contributed by atoms with E-state index in [1.54, 1.807) is 6.26 Å². The van der Waals surface area contributed by atoms with Gasteiger partial charge in [0.2, 0.25) is 0 Å². The molecule has 0 saturated carbocycles. The molecule has 0 aliphatic heterocycles. The van der Waals surface area contributed by atoms with E-state index in [9.17, 15) is 0 Å². The predicted molar refractivity (Wildman–Crippen MR) is 50.9 cm³/mol. The van der Waals surface area contributed by atoms with Crippen LogP contribution in [0.15, 0.2) is 23.0 Å². The van der Waals surface area contributed by atoms with Gasteiger partial charge >= 0.3 is 0 Å². The lowest BCUT2D eigenvalue weighted by atomic mass is 10.1. The zero-order chi connectivity index (χ0) is 8.65. The summed E-state index contributed by atoms with van der Waals surface area (Å²) >= 11 is 0. The Morgan fingerprint density at radius 3 is 2.67 bits per heavy atom. The summed E-state index contributed by atoms with van der Waals surface area (Å²) in [7, 11) is 0. The quantitative estimate of drug-likeness (QED) is 0.587. The third-order valence-electron chi connectivity index (χ3n) is 2.05. The van der Waals surface area contributed by atoms with Crippen LogP contribution in [0.2, 0.25) is 0 Å². The van der Waals surface area contributed by atoms with Crippen molar-refractivity contribution < 1.29 is 4.42 Å².